The zero-order valence-corrected chi connectivity index (χ0v) is 43.2. The highest BCUT2D eigenvalue weighted by molar-refractivity contribution is 5.82. The molecule has 19 heteroatoms. The van der Waals surface area contributed by atoms with Gasteiger partial charge in [-0.2, -0.15) is 8.78 Å². The van der Waals surface area contributed by atoms with Crippen molar-refractivity contribution < 1.29 is 31.9 Å². The highest BCUT2D eigenvalue weighted by atomic mass is 19.1. The number of aromatic nitrogens is 6. The summed E-state index contributed by atoms with van der Waals surface area (Å²) in [5.74, 6) is 0.189. The van der Waals surface area contributed by atoms with E-state index in [1.807, 2.05) is 32.2 Å². The molecule has 12 rings (SSSR count). The fraction of sp³-hybridized carbons (Fsp3) is 0.368. The van der Waals surface area contributed by atoms with E-state index >= 15 is 0 Å². The molecule has 15 nitrogen and oxygen atoms in total. The van der Waals surface area contributed by atoms with E-state index in [4.69, 9.17) is 4.74 Å². The first-order chi connectivity index (χ1) is 36.6. The summed E-state index contributed by atoms with van der Waals surface area (Å²) in [7, 11) is 5.25. The lowest BCUT2D eigenvalue weighted by molar-refractivity contribution is -0.210. The molecule has 4 aliphatic rings. The van der Waals surface area contributed by atoms with Gasteiger partial charge in [0.2, 0.25) is 11.9 Å². The quantitative estimate of drug-likeness (QED) is 0.0537. The molecule has 2 aromatic carbocycles. The minimum atomic E-state index is -0.899. The van der Waals surface area contributed by atoms with E-state index in [9.17, 15) is 36.7 Å². The zero-order chi connectivity index (χ0) is 54.1. The number of ether oxygens (including phenoxy) is 1. The van der Waals surface area contributed by atoms with Gasteiger partial charge in [-0.25, -0.2) is 28.7 Å². The molecule has 2 bridgehead atoms. The molecule has 3 saturated carbocycles. The number of rotatable bonds is 14. The van der Waals surface area contributed by atoms with Crippen LogP contribution in [0, 0.1) is 29.0 Å². The fourth-order valence-corrected chi connectivity index (χ4v) is 10.4. The first kappa shape index (κ1) is 54.9. The maximum absolute atomic E-state index is 14.6. The third kappa shape index (κ3) is 12.7. The summed E-state index contributed by atoms with van der Waals surface area (Å²) in [6.07, 6.45) is 9.86. The molecule has 3 aliphatic carbocycles. The Balaban J connectivity index is 0.000000141. The van der Waals surface area contributed by atoms with Crippen LogP contribution in [-0.2, 0) is 19.6 Å². The van der Waals surface area contributed by atoms with E-state index in [0.29, 0.717) is 96.2 Å². The number of fused-ring (bicyclic) bond motifs is 4. The van der Waals surface area contributed by atoms with E-state index in [2.05, 4.69) is 47.7 Å². The predicted octanol–water partition coefficient (Wildman–Crippen LogP) is 8.51. The van der Waals surface area contributed by atoms with Crippen molar-refractivity contribution in [3.63, 3.8) is 0 Å². The van der Waals surface area contributed by atoms with Crippen molar-refractivity contribution in [1.82, 2.24) is 49.6 Å². The molecule has 1 saturated heterocycles. The lowest BCUT2D eigenvalue weighted by Gasteiger charge is -2.66. The molecular formula is C57H62F4N10O5. The maximum Gasteiger partial charge on any atom is 0.258 e. The number of piperidine rings is 1. The Kier molecular flexibility index (Phi) is 17.4. The molecule has 8 aromatic rings. The summed E-state index contributed by atoms with van der Waals surface area (Å²) < 4.78 is 64.7. The van der Waals surface area contributed by atoms with Crippen LogP contribution in [0.5, 0.6) is 5.75 Å². The van der Waals surface area contributed by atoms with Gasteiger partial charge >= 0.3 is 0 Å². The predicted molar refractivity (Wildman–Crippen MR) is 284 cm³/mol. The Morgan fingerprint density at radius 2 is 1.26 bits per heavy atom. The van der Waals surface area contributed by atoms with Crippen molar-refractivity contribution in [3.05, 3.63) is 169 Å². The number of benzene rings is 2. The van der Waals surface area contributed by atoms with Crippen LogP contribution in [0.2, 0.25) is 0 Å². The molecular weight excluding hydrogens is 981 g/mol. The molecule has 0 radical (unpaired) electrons. The van der Waals surface area contributed by atoms with Crippen LogP contribution >= 0.6 is 0 Å². The van der Waals surface area contributed by atoms with Gasteiger partial charge in [0, 0.05) is 102 Å². The van der Waals surface area contributed by atoms with Crippen LogP contribution in [0.4, 0.5) is 17.6 Å². The van der Waals surface area contributed by atoms with Gasteiger partial charge in [0.1, 0.15) is 39.9 Å². The fourth-order valence-electron chi connectivity index (χ4n) is 10.4. The number of nitrogens with zero attached hydrogens (tertiary/aromatic N) is 7. The molecule has 1 atom stereocenters. The van der Waals surface area contributed by atoms with Gasteiger partial charge < -0.3 is 20.7 Å². The number of hydrogen-bond donors (Lipinski definition) is 3. The summed E-state index contributed by atoms with van der Waals surface area (Å²) in [5.41, 5.74) is 3.67. The monoisotopic (exact) mass is 1040 g/mol. The minimum absolute atomic E-state index is 0.0943. The van der Waals surface area contributed by atoms with Crippen LogP contribution in [0.25, 0.3) is 33.1 Å². The van der Waals surface area contributed by atoms with Crippen LogP contribution in [-0.4, -0.2) is 92.7 Å². The summed E-state index contributed by atoms with van der Waals surface area (Å²) in [4.78, 5) is 61.7. The van der Waals surface area contributed by atoms with E-state index in [1.54, 1.807) is 75.1 Å². The number of alkyl halides is 1. The zero-order valence-electron chi connectivity index (χ0n) is 43.2. The number of halogens is 4. The van der Waals surface area contributed by atoms with E-state index in [1.165, 1.54) is 46.3 Å². The largest absolute Gasteiger partial charge is 0.496 e. The lowest BCUT2D eigenvalue weighted by Crippen LogP contribution is -2.67. The number of hydrogen-bond acceptors (Lipinski definition) is 13. The molecule has 4 fully saturated rings. The Morgan fingerprint density at radius 1 is 0.724 bits per heavy atom. The molecule has 6 aromatic heterocycles. The molecule has 0 amide bonds. The van der Waals surface area contributed by atoms with Gasteiger partial charge in [-0.3, -0.25) is 32.9 Å². The number of nitrogens with one attached hydrogen (secondary N) is 3. The summed E-state index contributed by atoms with van der Waals surface area (Å²) >= 11 is 0. The molecule has 7 heterocycles. The highest BCUT2D eigenvalue weighted by Crippen LogP contribution is 2.69. The Morgan fingerprint density at radius 3 is 1.82 bits per heavy atom. The van der Waals surface area contributed by atoms with Crippen LogP contribution in [0.1, 0.15) is 102 Å². The molecule has 76 heavy (non-hydrogen) atoms. The van der Waals surface area contributed by atoms with Crippen molar-refractivity contribution >= 4 is 45.7 Å². The number of carbonyl (C=O) groups excluding carboxylic acids is 2. The van der Waals surface area contributed by atoms with E-state index < -0.39 is 17.6 Å². The summed E-state index contributed by atoms with van der Waals surface area (Å²) in [6.45, 7) is 8.57. The lowest BCUT2D eigenvalue weighted by atomic mass is 9.42. The van der Waals surface area contributed by atoms with Crippen molar-refractivity contribution in [2.24, 2.45) is 11.3 Å². The van der Waals surface area contributed by atoms with Crippen LogP contribution in [0.15, 0.2) is 107 Å². The third-order valence-corrected chi connectivity index (χ3v) is 14.4. The number of likely N-dealkylation sites (tertiary alicyclic amines) is 1. The first-order valence-electron chi connectivity index (χ1n) is 25.4. The molecule has 398 valence electrons. The number of methoxy groups -OCH3 is 1. The van der Waals surface area contributed by atoms with Crippen molar-refractivity contribution in [3.8, 4) is 5.75 Å². The molecule has 1 unspecified atom stereocenters. The Bertz CT molecular complexity index is 3400. The summed E-state index contributed by atoms with van der Waals surface area (Å²) in [5, 5.41) is 11.1. The van der Waals surface area contributed by atoms with Crippen molar-refractivity contribution in [1.29, 1.82) is 0 Å². The minimum Gasteiger partial charge on any atom is -0.496 e. The number of carbonyl (C=O) groups is 2. The first-order valence-corrected chi connectivity index (χ1v) is 25.4. The molecule has 3 N–H and O–H groups in total. The Labute approximate surface area is 436 Å². The SMILES string of the molecule is CCC1CCN(Cc2cc3cc(CNC)c(F)cc3nc2F)CC1.CNCc1cc2cc(C(C)NCC34CC(F)(C3)C4)c(F)nc2cc1OC.O=Cc1cc(=O)n2ccccc2n1.O=Cc1cc(=O)n2ccccc2n1. The number of aldehydes is 2. The molecule has 0 spiro atoms. The standard InChI is InChI=1S/C20H25F2N3O.C19H25F2N3.2C9H6N2O2/c1-12(24-11-19-8-20(22,9-19)10-19)15-5-13-4-14(7-23-2)17(26-3)6-16(13)25-18(15)21;1-3-13-4-6-24(7-5-13)12-16-9-14-8-15(11-22-2)17(20)10-18(14)23-19(16)21;2*12-6-7-5-9(13)11-4-2-1-3-8(11)10-7/h4-6,12,23-24H,7-11H2,1-3H3;8-10,13,22H,3-7,11-12H2,1-2H3;2*1-6H. The van der Waals surface area contributed by atoms with Gasteiger partial charge in [0.15, 0.2) is 12.6 Å². The van der Waals surface area contributed by atoms with Gasteiger partial charge in [0.25, 0.3) is 11.1 Å². The van der Waals surface area contributed by atoms with Gasteiger partial charge in [0.05, 0.1) is 18.1 Å². The topological polar surface area (TPSA) is 177 Å². The van der Waals surface area contributed by atoms with Crippen molar-refractivity contribution in [2.75, 3.05) is 40.8 Å². The Hall–Kier alpha value is -7.32. The average Bonchev–Trinajstić information content (AvgIpc) is 3.50. The van der Waals surface area contributed by atoms with Gasteiger partial charge in [-0.15, -0.1) is 0 Å². The average molecular weight is 1040 g/mol. The second-order valence-electron chi connectivity index (χ2n) is 19.9. The molecule has 1 aliphatic heterocycles. The normalized spacial score (nSPS) is 18.3. The van der Waals surface area contributed by atoms with E-state index in [0.717, 1.165) is 41.9 Å². The third-order valence-electron chi connectivity index (χ3n) is 14.4. The van der Waals surface area contributed by atoms with Crippen LogP contribution in [0.3, 0.4) is 0 Å². The second kappa shape index (κ2) is 24.1. The highest BCUT2D eigenvalue weighted by Gasteiger charge is 2.68. The van der Waals surface area contributed by atoms with E-state index in [-0.39, 0.29) is 39.8 Å². The smallest absolute Gasteiger partial charge is 0.258 e. The number of pyridine rings is 4. The van der Waals surface area contributed by atoms with Gasteiger partial charge in [-0.1, -0.05) is 25.5 Å². The maximum atomic E-state index is 14.6. The van der Waals surface area contributed by atoms with Crippen LogP contribution < -0.4 is 31.8 Å². The second-order valence-corrected chi connectivity index (χ2v) is 19.9. The summed E-state index contributed by atoms with van der Waals surface area (Å²) in [6, 6.07) is 23.1. The van der Waals surface area contributed by atoms with Crippen molar-refractivity contribution in [2.45, 2.75) is 83.7 Å². The van der Waals surface area contributed by atoms with Gasteiger partial charge in [-0.05, 0) is 126 Å².